The van der Waals surface area contributed by atoms with Gasteiger partial charge in [0, 0.05) is 17.9 Å². The summed E-state index contributed by atoms with van der Waals surface area (Å²) in [6, 6.07) is 6.70. The zero-order valence-electron chi connectivity index (χ0n) is 19.2. The van der Waals surface area contributed by atoms with Gasteiger partial charge in [-0.2, -0.15) is 0 Å². The number of aryl methyl sites for hydroxylation is 3. The molecule has 1 aromatic heterocycles. The molecule has 1 heterocycles. The number of nitrogens with zero attached hydrogens (tertiary/aromatic N) is 2. The number of rotatable bonds is 12. The van der Waals surface area contributed by atoms with E-state index in [0.29, 0.717) is 12.5 Å². The number of primary amides is 1. The zero-order chi connectivity index (χ0) is 22.1. The molecule has 0 radical (unpaired) electrons. The number of aromatic nitrogens is 2. The first-order valence-electron chi connectivity index (χ1n) is 11.1. The topological polar surface area (TPSA) is 70.1 Å². The fraction of sp³-hybridized carbons (Fsp3) is 0.583. The SMILES string of the molecule is CCCCCCn1c(CCCOC(N)=O)nc(C(C)C)c1Sc1cc(C)cc(C)c1. The van der Waals surface area contributed by atoms with Gasteiger partial charge in [0.05, 0.1) is 12.3 Å². The quantitative estimate of drug-likeness (QED) is 0.396. The van der Waals surface area contributed by atoms with Gasteiger partial charge in [-0.05, 0) is 55.9 Å². The van der Waals surface area contributed by atoms with E-state index in [1.54, 1.807) is 0 Å². The van der Waals surface area contributed by atoms with Crippen molar-refractivity contribution >= 4 is 17.9 Å². The Kier molecular flexibility index (Phi) is 9.76. The van der Waals surface area contributed by atoms with Crippen LogP contribution >= 0.6 is 11.8 Å². The molecule has 0 aliphatic carbocycles. The molecule has 30 heavy (non-hydrogen) atoms. The lowest BCUT2D eigenvalue weighted by molar-refractivity contribution is 0.155. The number of unbranched alkanes of at least 4 members (excludes halogenated alkanes) is 3. The number of nitrogens with two attached hydrogens (primary N) is 1. The average molecular weight is 432 g/mol. The molecule has 0 aliphatic heterocycles. The maximum atomic E-state index is 10.9. The van der Waals surface area contributed by atoms with Crippen LogP contribution in [0.25, 0.3) is 0 Å². The van der Waals surface area contributed by atoms with Gasteiger partial charge >= 0.3 is 6.09 Å². The zero-order valence-corrected chi connectivity index (χ0v) is 20.0. The summed E-state index contributed by atoms with van der Waals surface area (Å²) in [5.74, 6) is 1.42. The molecule has 0 aliphatic rings. The first-order valence-corrected chi connectivity index (χ1v) is 11.9. The Hall–Kier alpha value is -1.95. The number of hydrogen-bond acceptors (Lipinski definition) is 4. The third-order valence-electron chi connectivity index (χ3n) is 5.01. The lowest BCUT2D eigenvalue weighted by atomic mass is 10.1. The van der Waals surface area contributed by atoms with Crippen molar-refractivity contribution in [2.24, 2.45) is 5.73 Å². The second kappa shape index (κ2) is 12.0. The highest BCUT2D eigenvalue weighted by Crippen LogP contribution is 2.36. The van der Waals surface area contributed by atoms with Crippen molar-refractivity contribution in [2.75, 3.05) is 6.61 Å². The molecule has 0 unspecified atom stereocenters. The summed E-state index contributed by atoms with van der Waals surface area (Å²) in [4.78, 5) is 17.2. The van der Waals surface area contributed by atoms with Gasteiger partial charge < -0.3 is 15.0 Å². The van der Waals surface area contributed by atoms with E-state index >= 15 is 0 Å². The standard InChI is InChI=1S/C24H37N3O2S/c1-6-7-8-9-12-27-21(11-10-13-29-24(25)28)26-22(17(2)3)23(27)30-20-15-18(4)14-19(5)16-20/h14-17H,6-13H2,1-5H3,(H2,25,28). The van der Waals surface area contributed by atoms with Gasteiger partial charge in [-0.25, -0.2) is 9.78 Å². The van der Waals surface area contributed by atoms with Crippen molar-refractivity contribution in [2.45, 2.75) is 95.5 Å². The van der Waals surface area contributed by atoms with Crippen molar-refractivity contribution in [3.05, 3.63) is 40.8 Å². The minimum atomic E-state index is -0.716. The second-order valence-electron chi connectivity index (χ2n) is 8.28. The van der Waals surface area contributed by atoms with Crippen LogP contribution in [0, 0.1) is 13.8 Å². The number of carbonyl (C=O) groups is 1. The monoisotopic (exact) mass is 431 g/mol. The Morgan fingerprint density at radius 1 is 1.13 bits per heavy atom. The first kappa shape index (κ1) is 24.3. The van der Waals surface area contributed by atoms with Crippen LogP contribution in [0.1, 0.15) is 81.4 Å². The molecule has 0 saturated carbocycles. The molecule has 6 heteroatoms. The van der Waals surface area contributed by atoms with Crippen molar-refractivity contribution in [1.29, 1.82) is 0 Å². The number of imidazole rings is 1. The molecule has 0 atom stereocenters. The molecular formula is C24H37N3O2S. The summed E-state index contributed by atoms with van der Waals surface area (Å²) in [6.07, 6.45) is 5.63. The van der Waals surface area contributed by atoms with Crippen LogP contribution < -0.4 is 5.73 Å². The summed E-state index contributed by atoms with van der Waals surface area (Å²) in [5, 5.41) is 1.25. The summed E-state index contributed by atoms with van der Waals surface area (Å²) in [5.41, 5.74) is 8.80. The molecule has 2 aromatic rings. The number of benzene rings is 1. The molecule has 1 aromatic carbocycles. The first-order chi connectivity index (χ1) is 14.3. The van der Waals surface area contributed by atoms with E-state index in [2.05, 4.69) is 57.4 Å². The number of hydrogen-bond donors (Lipinski definition) is 1. The van der Waals surface area contributed by atoms with Gasteiger partial charge in [0.1, 0.15) is 10.9 Å². The fourth-order valence-electron chi connectivity index (χ4n) is 3.61. The highest BCUT2D eigenvalue weighted by molar-refractivity contribution is 7.99. The molecule has 0 spiro atoms. The van der Waals surface area contributed by atoms with E-state index < -0.39 is 6.09 Å². The van der Waals surface area contributed by atoms with Gasteiger partial charge in [0.2, 0.25) is 0 Å². The molecule has 0 saturated heterocycles. The lowest BCUT2D eigenvalue weighted by Gasteiger charge is -2.14. The van der Waals surface area contributed by atoms with E-state index in [0.717, 1.165) is 37.3 Å². The highest BCUT2D eigenvalue weighted by atomic mass is 32.2. The predicted octanol–water partition coefficient (Wildman–Crippen LogP) is 6.38. The van der Waals surface area contributed by atoms with Crippen molar-refractivity contribution < 1.29 is 9.53 Å². The van der Waals surface area contributed by atoms with Crippen molar-refractivity contribution in [1.82, 2.24) is 9.55 Å². The smallest absolute Gasteiger partial charge is 0.404 e. The Morgan fingerprint density at radius 2 is 1.83 bits per heavy atom. The molecule has 5 nitrogen and oxygen atoms in total. The van der Waals surface area contributed by atoms with Crippen LogP contribution in [0.15, 0.2) is 28.1 Å². The average Bonchev–Trinajstić information content (AvgIpc) is 2.99. The Morgan fingerprint density at radius 3 is 2.43 bits per heavy atom. The maximum absolute atomic E-state index is 10.9. The van der Waals surface area contributed by atoms with Crippen LogP contribution in [0.4, 0.5) is 4.79 Å². The van der Waals surface area contributed by atoms with Crippen molar-refractivity contribution in [3.63, 3.8) is 0 Å². The number of ether oxygens (including phenoxy) is 1. The van der Waals surface area contributed by atoms with Gasteiger partial charge in [-0.15, -0.1) is 0 Å². The Balaban J connectivity index is 2.32. The third kappa shape index (κ3) is 7.38. The fourth-order valence-corrected chi connectivity index (χ4v) is 5.02. The van der Waals surface area contributed by atoms with Crippen LogP contribution in [0.2, 0.25) is 0 Å². The van der Waals surface area contributed by atoms with E-state index in [9.17, 15) is 4.79 Å². The highest BCUT2D eigenvalue weighted by Gasteiger charge is 2.20. The summed E-state index contributed by atoms with van der Waals surface area (Å²) < 4.78 is 7.32. The number of amides is 1. The van der Waals surface area contributed by atoms with Gasteiger partial charge in [-0.1, -0.05) is 57.9 Å². The normalized spacial score (nSPS) is 11.3. The molecular weight excluding hydrogens is 394 g/mol. The molecule has 166 valence electrons. The van der Waals surface area contributed by atoms with Crippen LogP contribution in [-0.2, 0) is 17.7 Å². The van der Waals surface area contributed by atoms with E-state index in [1.807, 2.05) is 11.8 Å². The minimum Gasteiger partial charge on any atom is -0.450 e. The molecule has 0 bridgehead atoms. The minimum absolute atomic E-state index is 0.328. The summed E-state index contributed by atoms with van der Waals surface area (Å²) in [6.45, 7) is 12.2. The molecule has 2 N–H and O–H groups in total. The van der Waals surface area contributed by atoms with Gasteiger partial charge in [0.15, 0.2) is 0 Å². The second-order valence-corrected chi connectivity index (χ2v) is 9.34. The maximum Gasteiger partial charge on any atom is 0.404 e. The largest absolute Gasteiger partial charge is 0.450 e. The van der Waals surface area contributed by atoms with Crippen LogP contribution in [-0.4, -0.2) is 22.3 Å². The molecule has 2 rings (SSSR count). The van der Waals surface area contributed by atoms with E-state index in [-0.39, 0.29) is 0 Å². The molecule has 0 fully saturated rings. The summed E-state index contributed by atoms with van der Waals surface area (Å²) in [7, 11) is 0. The van der Waals surface area contributed by atoms with Crippen molar-refractivity contribution in [3.8, 4) is 0 Å². The molecule has 1 amide bonds. The predicted molar refractivity (Wildman–Crippen MR) is 124 cm³/mol. The summed E-state index contributed by atoms with van der Waals surface area (Å²) >= 11 is 1.82. The Labute approximate surface area is 185 Å². The van der Waals surface area contributed by atoms with E-state index in [4.69, 9.17) is 15.5 Å². The van der Waals surface area contributed by atoms with Crippen LogP contribution in [0.3, 0.4) is 0 Å². The lowest BCUT2D eigenvalue weighted by Crippen LogP contribution is -2.14. The van der Waals surface area contributed by atoms with Gasteiger partial charge in [-0.3, -0.25) is 0 Å². The van der Waals surface area contributed by atoms with Gasteiger partial charge in [0.25, 0.3) is 0 Å². The Bertz CT molecular complexity index is 810. The van der Waals surface area contributed by atoms with Crippen LogP contribution in [0.5, 0.6) is 0 Å². The number of carbonyl (C=O) groups excluding carboxylic acids is 1. The van der Waals surface area contributed by atoms with E-state index in [1.165, 1.54) is 40.3 Å². The third-order valence-corrected chi connectivity index (χ3v) is 6.10.